The van der Waals surface area contributed by atoms with Gasteiger partial charge in [0.1, 0.15) is 5.01 Å². The molecule has 0 spiro atoms. The number of anilines is 1. The molecular weight excluding hydrogens is 422 g/mol. The van der Waals surface area contributed by atoms with Crippen LogP contribution in [0.2, 0.25) is 0 Å². The van der Waals surface area contributed by atoms with Crippen LogP contribution in [0.5, 0.6) is 0 Å². The number of thiazole rings is 1. The first-order valence-corrected chi connectivity index (χ1v) is 11.1. The van der Waals surface area contributed by atoms with E-state index in [0.717, 1.165) is 9.88 Å². The molecule has 0 fully saturated rings. The summed E-state index contributed by atoms with van der Waals surface area (Å²) in [5.41, 5.74) is 1.11. The van der Waals surface area contributed by atoms with Crippen LogP contribution < -0.4 is 5.32 Å². The molecule has 2 amide bonds. The summed E-state index contributed by atoms with van der Waals surface area (Å²) in [6.07, 6.45) is 0. The number of ether oxygens (including phenoxy) is 1. The van der Waals surface area contributed by atoms with Crippen LogP contribution in [0.1, 0.15) is 34.7 Å². The summed E-state index contributed by atoms with van der Waals surface area (Å²) in [6, 6.07) is 10.5. The van der Waals surface area contributed by atoms with E-state index in [1.165, 1.54) is 22.7 Å². The van der Waals surface area contributed by atoms with Crippen LogP contribution in [-0.4, -0.2) is 47.4 Å². The first kappa shape index (κ1) is 21.7. The van der Waals surface area contributed by atoms with Crippen molar-refractivity contribution >= 4 is 46.1 Å². The van der Waals surface area contributed by atoms with Gasteiger partial charge >= 0.3 is 5.97 Å². The normalized spacial score (nSPS) is 10.5. The zero-order valence-corrected chi connectivity index (χ0v) is 18.2. The maximum absolute atomic E-state index is 12.4. The van der Waals surface area contributed by atoms with Crippen molar-refractivity contribution in [1.82, 2.24) is 9.88 Å². The van der Waals surface area contributed by atoms with Gasteiger partial charge in [0.2, 0.25) is 0 Å². The number of rotatable bonds is 8. The minimum absolute atomic E-state index is 0.104. The third-order valence-electron chi connectivity index (χ3n) is 4.22. The summed E-state index contributed by atoms with van der Waals surface area (Å²) in [7, 11) is 0. The van der Waals surface area contributed by atoms with Crippen LogP contribution in [0, 0.1) is 0 Å². The van der Waals surface area contributed by atoms with E-state index in [2.05, 4.69) is 10.3 Å². The molecular formula is C21H21N3O4S2. The summed E-state index contributed by atoms with van der Waals surface area (Å²) in [4.78, 5) is 43.7. The highest BCUT2D eigenvalue weighted by Gasteiger charge is 2.16. The SMILES string of the molecule is CCN(CC)C(=O)c1cccc(NC(=O)COC(=O)c2csc(-c3cccs3)n2)c1. The lowest BCUT2D eigenvalue weighted by molar-refractivity contribution is -0.119. The van der Waals surface area contributed by atoms with E-state index >= 15 is 0 Å². The van der Waals surface area contributed by atoms with E-state index in [0.29, 0.717) is 24.3 Å². The zero-order valence-electron chi connectivity index (χ0n) is 16.6. The van der Waals surface area contributed by atoms with Gasteiger partial charge in [0.25, 0.3) is 11.8 Å². The molecule has 3 aromatic rings. The Balaban J connectivity index is 1.55. The van der Waals surface area contributed by atoms with Gasteiger partial charge in [0.05, 0.1) is 4.88 Å². The number of esters is 1. The number of carbonyl (C=O) groups is 3. The summed E-state index contributed by atoms with van der Waals surface area (Å²) in [6.45, 7) is 4.58. The van der Waals surface area contributed by atoms with Gasteiger partial charge in [-0.15, -0.1) is 22.7 Å². The van der Waals surface area contributed by atoms with Crippen molar-refractivity contribution in [3.05, 3.63) is 58.4 Å². The van der Waals surface area contributed by atoms with Crippen molar-refractivity contribution in [1.29, 1.82) is 0 Å². The van der Waals surface area contributed by atoms with Crippen LogP contribution in [0.15, 0.2) is 47.2 Å². The molecule has 0 unspecified atom stereocenters. The third-order valence-corrected chi connectivity index (χ3v) is 6.10. The molecule has 1 aromatic carbocycles. The molecule has 0 saturated carbocycles. The molecule has 7 nitrogen and oxygen atoms in total. The highest BCUT2D eigenvalue weighted by molar-refractivity contribution is 7.20. The minimum atomic E-state index is -0.658. The number of amides is 2. The molecule has 0 aliphatic rings. The molecule has 0 aliphatic carbocycles. The molecule has 9 heteroatoms. The Morgan fingerprint density at radius 2 is 1.90 bits per heavy atom. The molecule has 2 aromatic heterocycles. The van der Waals surface area contributed by atoms with Crippen LogP contribution in [0.3, 0.4) is 0 Å². The lowest BCUT2D eigenvalue weighted by Gasteiger charge is -2.19. The van der Waals surface area contributed by atoms with Gasteiger partial charge < -0.3 is 15.0 Å². The largest absolute Gasteiger partial charge is 0.451 e. The van der Waals surface area contributed by atoms with Crippen molar-refractivity contribution < 1.29 is 19.1 Å². The average molecular weight is 444 g/mol. The van der Waals surface area contributed by atoms with Crippen LogP contribution in [0.4, 0.5) is 5.69 Å². The van der Waals surface area contributed by atoms with Gasteiger partial charge in [-0.2, -0.15) is 0 Å². The van der Waals surface area contributed by atoms with E-state index in [-0.39, 0.29) is 11.6 Å². The summed E-state index contributed by atoms with van der Waals surface area (Å²) in [5, 5.41) is 6.92. The first-order valence-electron chi connectivity index (χ1n) is 9.37. The standard InChI is InChI=1S/C21H21N3O4S2/c1-3-24(4-2)20(26)14-7-5-8-15(11-14)22-18(25)12-28-21(27)16-13-30-19(23-16)17-9-6-10-29-17/h5-11,13H,3-4,12H2,1-2H3,(H,22,25). The Kier molecular flexibility index (Phi) is 7.31. The van der Waals surface area contributed by atoms with Gasteiger partial charge in [-0.1, -0.05) is 12.1 Å². The van der Waals surface area contributed by atoms with Gasteiger partial charge in [0, 0.05) is 29.7 Å². The van der Waals surface area contributed by atoms with E-state index in [1.807, 2.05) is 31.4 Å². The molecule has 1 N–H and O–H groups in total. The van der Waals surface area contributed by atoms with Crippen molar-refractivity contribution in [2.24, 2.45) is 0 Å². The number of thiophene rings is 1. The van der Waals surface area contributed by atoms with Crippen molar-refractivity contribution in [3.63, 3.8) is 0 Å². The Labute approximate surface area is 182 Å². The Morgan fingerprint density at radius 1 is 1.10 bits per heavy atom. The van der Waals surface area contributed by atoms with Gasteiger partial charge in [-0.25, -0.2) is 9.78 Å². The zero-order chi connectivity index (χ0) is 21.5. The second-order valence-corrected chi connectivity index (χ2v) is 8.00. The van der Waals surface area contributed by atoms with Gasteiger partial charge in [-0.3, -0.25) is 9.59 Å². The summed E-state index contributed by atoms with van der Waals surface area (Å²) < 4.78 is 5.06. The molecule has 3 rings (SSSR count). The van der Waals surface area contributed by atoms with Crippen LogP contribution in [0.25, 0.3) is 9.88 Å². The topological polar surface area (TPSA) is 88.6 Å². The molecule has 0 aliphatic heterocycles. The highest BCUT2D eigenvalue weighted by Crippen LogP contribution is 2.27. The molecule has 2 heterocycles. The number of hydrogen-bond donors (Lipinski definition) is 1. The number of carbonyl (C=O) groups excluding carboxylic acids is 3. The lowest BCUT2D eigenvalue weighted by Crippen LogP contribution is -2.30. The predicted molar refractivity (Wildman–Crippen MR) is 118 cm³/mol. The Morgan fingerprint density at radius 3 is 2.60 bits per heavy atom. The van der Waals surface area contributed by atoms with Gasteiger partial charge in [-0.05, 0) is 43.5 Å². The molecule has 0 atom stereocenters. The predicted octanol–water partition coefficient (Wildman–Crippen LogP) is 4.15. The smallest absolute Gasteiger partial charge is 0.358 e. The molecule has 156 valence electrons. The summed E-state index contributed by atoms with van der Waals surface area (Å²) in [5.74, 6) is -1.26. The lowest BCUT2D eigenvalue weighted by atomic mass is 10.1. The van der Waals surface area contributed by atoms with Crippen molar-refractivity contribution in [2.75, 3.05) is 25.0 Å². The number of aromatic nitrogens is 1. The molecule has 0 bridgehead atoms. The van der Waals surface area contributed by atoms with E-state index in [9.17, 15) is 14.4 Å². The molecule has 30 heavy (non-hydrogen) atoms. The second-order valence-electron chi connectivity index (χ2n) is 6.20. The van der Waals surface area contributed by atoms with Gasteiger partial charge in [0.15, 0.2) is 12.3 Å². The fourth-order valence-corrected chi connectivity index (χ4v) is 4.31. The fourth-order valence-electron chi connectivity index (χ4n) is 2.71. The quantitative estimate of drug-likeness (QED) is 0.529. The highest BCUT2D eigenvalue weighted by atomic mass is 32.1. The molecule has 0 radical (unpaired) electrons. The Bertz CT molecular complexity index is 1030. The maximum atomic E-state index is 12.4. The van der Waals surface area contributed by atoms with Crippen molar-refractivity contribution in [2.45, 2.75) is 13.8 Å². The second kappa shape index (κ2) is 10.1. The van der Waals surface area contributed by atoms with E-state index in [1.54, 1.807) is 34.5 Å². The number of nitrogens with zero attached hydrogens (tertiary/aromatic N) is 2. The monoisotopic (exact) mass is 443 g/mol. The number of benzene rings is 1. The number of hydrogen-bond acceptors (Lipinski definition) is 7. The van der Waals surface area contributed by atoms with E-state index in [4.69, 9.17) is 4.74 Å². The first-order chi connectivity index (χ1) is 14.5. The van der Waals surface area contributed by atoms with Crippen molar-refractivity contribution in [3.8, 4) is 9.88 Å². The van der Waals surface area contributed by atoms with Crippen LogP contribution >= 0.6 is 22.7 Å². The van der Waals surface area contributed by atoms with E-state index < -0.39 is 18.5 Å². The third kappa shape index (κ3) is 5.31. The average Bonchev–Trinajstić information content (AvgIpc) is 3.45. The Hall–Kier alpha value is -3.04. The van der Waals surface area contributed by atoms with Crippen LogP contribution in [-0.2, 0) is 9.53 Å². The maximum Gasteiger partial charge on any atom is 0.358 e. The molecule has 0 saturated heterocycles. The number of nitrogens with one attached hydrogen (secondary N) is 1. The summed E-state index contributed by atoms with van der Waals surface area (Å²) >= 11 is 2.88. The minimum Gasteiger partial charge on any atom is -0.451 e. The fraction of sp³-hybridized carbons (Fsp3) is 0.238.